The topological polar surface area (TPSA) is 116 Å². The number of hydrogen-bond acceptors (Lipinski definition) is 6. The van der Waals surface area contributed by atoms with Crippen LogP contribution >= 0.6 is 0 Å². The summed E-state index contributed by atoms with van der Waals surface area (Å²) in [6, 6.07) is 0.991. The molecule has 2 aromatic carbocycles. The first-order chi connectivity index (χ1) is 11.6. The Labute approximate surface area is 133 Å². The molecule has 0 aliphatic rings. The van der Waals surface area contributed by atoms with Crippen molar-refractivity contribution in [3.8, 4) is 17.2 Å². The molecule has 0 aliphatic heterocycles. The molecule has 8 nitrogen and oxygen atoms in total. The number of hydrogen-bond donors (Lipinski definition) is 1. The van der Waals surface area contributed by atoms with E-state index in [0.29, 0.717) is 12.1 Å². The summed E-state index contributed by atoms with van der Waals surface area (Å²) < 4.78 is 70.8. The monoisotopic (exact) mass is 366 g/mol. The third kappa shape index (κ3) is 2.86. The van der Waals surface area contributed by atoms with Gasteiger partial charge in [-0.05, 0) is 6.07 Å². The molecule has 2 aromatic rings. The van der Waals surface area contributed by atoms with Crippen molar-refractivity contribution in [1.29, 1.82) is 0 Å². The maximum absolute atomic E-state index is 13.6. The van der Waals surface area contributed by atoms with E-state index in [-0.39, 0.29) is 0 Å². The van der Waals surface area contributed by atoms with Crippen LogP contribution in [0.3, 0.4) is 0 Å². The minimum Gasteiger partial charge on any atom is -0.502 e. The van der Waals surface area contributed by atoms with Gasteiger partial charge < -0.3 is 9.84 Å². The minimum absolute atomic E-state index is 0.476. The number of nitro benzene ring substituents is 2. The predicted molar refractivity (Wildman–Crippen MR) is 67.7 cm³/mol. The van der Waals surface area contributed by atoms with Crippen molar-refractivity contribution in [3.05, 3.63) is 61.4 Å². The molecule has 25 heavy (non-hydrogen) atoms. The summed E-state index contributed by atoms with van der Waals surface area (Å²) >= 11 is 0. The van der Waals surface area contributed by atoms with Gasteiger partial charge in [-0.3, -0.25) is 20.2 Å². The fraction of sp³-hybridized carbons (Fsp3) is 0. The number of aromatic hydroxyl groups is 1. The highest BCUT2D eigenvalue weighted by Gasteiger charge is 2.35. The lowest BCUT2D eigenvalue weighted by atomic mass is 10.2. The largest absolute Gasteiger partial charge is 0.502 e. The molecule has 0 heterocycles. The highest BCUT2D eigenvalue weighted by molar-refractivity contribution is 5.67. The molecule has 0 saturated carbocycles. The maximum Gasteiger partial charge on any atom is 0.360 e. The summed E-state index contributed by atoms with van der Waals surface area (Å²) in [6.45, 7) is 0. The van der Waals surface area contributed by atoms with Gasteiger partial charge >= 0.3 is 11.4 Å². The molecule has 1 N–H and O–H groups in total. The lowest BCUT2D eigenvalue weighted by molar-refractivity contribution is -0.396. The Balaban J connectivity index is 2.80. The van der Waals surface area contributed by atoms with Crippen LogP contribution in [0.25, 0.3) is 0 Å². The first kappa shape index (κ1) is 17.8. The van der Waals surface area contributed by atoms with Crippen molar-refractivity contribution in [2.75, 3.05) is 0 Å². The van der Waals surface area contributed by atoms with Crippen LogP contribution in [0.2, 0.25) is 0 Å². The van der Waals surface area contributed by atoms with Crippen LogP contribution in [0.1, 0.15) is 0 Å². The molecule has 0 aromatic heterocycles. The molecule has 0 unspecified atom stereocenters. The summed E-state index contributed by atoms with van der Waals surface area (Å²) in [4.78, 5) is 19.1. The average Bonchev–Trinajstić information content (AvgIpc) is 2.54. The van der Waals surface area contributed by atoms with Crippen molar-refractivity contribution in [2.45, 2.75) is 0 Å². The first-order valence-electron chi connectivity index (χ1n) is 5.91. The second-order valence-corrected chi connectivity index (χ2v) is 4.30. The fourth-order valence-electron chi connectivity index (χ4n) is 1.75. The summed E-state index contributed by atoms with van der Waals surface area (Å²) in [5.41, 5.74) is -2.76. The van der Waals surface area contributed by atoms with Crippen LogP contribution in [-0.2, 0) is 0 Å². The Kier molecular flexibility index (Phi) is 4.41. The Bertz CT molecular complexity index is 891. The summed E-state index contributed by atoms with van der Waals surface area (Å²) in [6.07, 6.45) is 0. The van der Waals surface area contributed by atoms with Crippen LogP contribution < -0.4 is 4.74 Å². The van der Waals surface area contributed by atoms with Gasteiger partial charge in [0.25, 0.3) is 5.75 Å². The second kappa shape index (κ2) is 6.18. The molecule has 0 amide bonds. The highest BCUT2D eigenvalue weighted by Crippen LogP contribution is 2.46. The van der Waals surface area contributed by atoms with E-state index >= 15 is 0 Å². The number of benzene rings is 2. The third-order valence-corrected chi connectivity index (χ3v) is 2.84. The zero-order chi connectivity index (χ0) is 19.0. The van der Waals surface area contributed by atoms with E-state index in [0.717, 1.165) is 0 Å². The van der Waals surface area contributed by atoms with Gasteiger partial charge in [-0.25, -0.2) is 13.2 Å². The van der Waals surface area contributed by atoms with Gasteiger partial charge in [0.1, 0.15) is 0 Å². The van der Waals surface area contributed by atoms with E-state index in [1.807, 2.05) is 0 Å². The minimum atomic E-state index is -2.53. The lowest BCUT2D eigenvalue weighted by Crippen LogP contribution is -2.06. The van der Waals surface area contributed by atoms with Gasteiger partial charge in [0.05, 0.1) is 9.85 Å². The van der Waals surface area contributed by atoms with Crippen LogP contribution in [-0.4, -0.2) is 15.0 Å². The first-order valence-corrected chi connectivity index (χ1v) is 5.91. The zero-order valence-corrected chi connectivity index (χ0v) is 11.4. The van der Waals surface area contributed by atoms with E-state index in [1.165, 1.54) is 0 Å². The van der Waals surface area contributed by atoms with Gasteiger partial charge in [0.15, 0.2) is 5.75 Å². The number of phenols is 1. The Hall–Kier alpha value is -3.51. The van der Waals surface area contributed by atoms with E-state index in [9.17, 15) is 47.3 Å². The van der Waals surface area contributed by atoms with Crippen molar-refractivity contribution in [2.24, 2.45) is 0 Å². The number of halogens is 5. The van der Waals surface area contributed by atoms with Crippen molar-refractivity contribution >= 4 is 11.4 Å². The number of ether oxygens (including phenoxy) is 1. The fourth-order valence-corrected chi connectivity index (χ4v) is 1.75. The molecule has 0 spiro atoms. The Morgan fingerprint density at radius 3 is 1.72 bits per heavy atom. The standard InChI is InChI=1S/C12H3F5N2O6/c13-5-6(14)8(16)12(9(17)7(5)15)25-11-3(18(21)22)1-2-4(20)10(11)19(23)24/h1-2,20H. The van der Waals surface area contributed by atoms with Crippen molar-refractivity contribution in [1.82, 2.24) is 0 Å². The highest BCUT2D eigenvalue weighted by atomic mass is 19.2. The van der Waals surface area contributed by atoms with Crippen LogP contribution in [0.5, 0.6) is 17.2 Å². The predicted octanol–water partition coefficient (Wildman–Crippen LogP) is 3.70. The normalized spacial score (nSPS) is 10.6. The summed E-state index contributed by atoms with van der Waals surface area (Å²) in [7, 11) is 0. The van der Waals surface area contributed by atoms with Gasteiger partial charge in [0, 0.05) is 6.07 Å². The molecule has 0 saturated heterocycles. The Morgan fingerprint density at radius 2 is 1.28 bits per heavy atom. The maximum atomic E-state index is 13.6. The number of nitrogens with zero attached hydrogens (tertiary/aromatic N) is 2. The van der Waals surface area contributed by atoms with E-state index in [1.54, 1.807) is 0 Å². The Morgan fingerprint density at radius 1 is 0.800 bits per heavy atom. The molecule has 0 bridgehead atoms. The lowest BCUT2D eigenvalue weighted by Gasteiger charge is -2.10. The molecular weight excluding hydrogens is 363 g/mol. The van der Waals surface area contributed by atoms with Crippen LogP contribution in [0.15, 0.2) is 12.1 Å². The molecule has 0 aliphatic carbocycles. The van der Waals surface area contributed by atoms with Crippen molar-refractivity contribution < 1.29 is 41.6 Å². The van der Waals surface area contributed by atoms with Crippen LogP contribution in [0, 0.1) is 49.3 Å². The van der Waals surface area contributed by atoms with Gasteiger partial charge in [0.2, 0.25) is 34.8 Å². The number of phenolic OH excluding ortho intramolecular Hbond substituents is 1. The molecule has 13 heteroatoms. The molecule has 0 atom stereocenters. The number of rotatable bonds is 4. The molecule has 2 rings (SSSR count). The van der Waals surface area contributed by atoms with E-state index in [2.05, 4.69) is 4.74 Å². The van der Waals surface area contributed by atoms with Crippen LogP contribution in [0.4, 0.5) is 33.3 Å². The quantitative estimate of drug-likeness (QED) is 0.290. The average molecular weight is 366 g/mol. The van der Waals surface area contributed by atoms with E-state index < -0.39 is 67.6 Å². The second-order valence-electron chi connectivity index (χ2n) is 4.30. The van der Waals surface area contributed by atoms with Gasteiger partial charge in [-0.15, -0.1) is 0 Å². The van der Waals surface area contributed by atoms with Gasteiger partial charge in [-0.2, -0.15) is 8.78 Å². The zero-order valence-electron chi connectivity index (χ0n) is 11.4. The number of nitro groups is 2. The van der Waals surface area contributed by atoms with Gasteiger partial charge in [-0.1, -0.05) is 0 Å². The molecule has 0 radical (unpaired) electrons. The summed E-state index contributed by atoms with van der Waals surface area (Å²) in [5.74, 6) is -17.1. The van der Waals surface area contributed by atoms with Crippen molar-refractivity contribution in [3.63, 3.8) is 0 Å². The SMILES string of the molecule is O=[N+]([O-])c1ccc(O)c([N+](=O)[O-])c1Oc1c(F)c(F)c(F)c(F)c1F. The molecule has 0 fully saturated rings. The molecule has 132 valence electrons. The van der Waals surface area contributed by atoms with E-state index in [4.69, 9.17) is 0 Å². The third-order valence-electron chi connectivity index (χ3n) is 2.84. The smallest absolute Gasteiger partial charge is 0.360 e. The summed E-state index contributed by atoms with van der Waals surface area (Å²) in [5, 5.41) is 31.2. The molecular formula is C12H3F5N2O6.